The van der Waals surface area contributed by atoms with Crippen molar-refractivity contribution >= 4 is 48.8 Å². The van der Waals surface area contributed by atoms with E-state index in [0.717, 1.165) is 30.3 Å². The van der Waals surface area contributed by atoms with Crippen LogP contribution in [0, 0.1) is 0 Å². The zero-order chi connectivity index (χ0) is 43.8. The van der Waals surface area contributed by atoms with Gasteiger partial charge in [-0.15, -0.1) is 0 Å². The van der Waals surface area contributed by atoms with Crippen molar-refractivity contribution in [2.45, 2.75) is 72.1 Å². The maximum Gasteiger partial charge on any atom is 0.336 e. The van der Waals surface area contributed by atoms with Gasteiger partial charge in [0.05, 0.1) is 16.8 Å². The zero-order valence-electron chi connectivity index (χ0n) is 34.4. The molecule has 0 amide bonds. The van der Waals surface area contributed by atoms with Gasteiger partial charge in [0.15, 0.2) is 16.2 Å². The number of aromatic carboxylic acids is 2. The summed E-state index contributed by atoms with van der Waals surface area (Å²) in [5.41, 5.74) is 3.22. The summed E-state index contributed by atoms with van der Waals surface area (Å²) in [6.45, 7) is 30.4. The van der Waals surface area contributed by atoms with Crippen LogP contribution in [-0.4, -0.2) is 122 Å². The largest absolute Gasteiger partial charge is 0.478 e. The molecule has 0 saturated heterocycles. The van der Waals surface area contributed by atoms with Gasteiger partial charge >= 0.3 is 22.1 Å². The molecule has 4 rings (SSSR count). The molecule has 0 spiro atoms. The van der Waals surface area contributed by atoms with Gasteiger partial charge in [-0.05, 0) is 94.8 Å². The second kappa shape index (κ2) is 23.1. The minimum Gasteiger partial charge on any atom is -0.478 e. The maximum absolute atomic E-state index is 12.2. The lowest BCUT2D eigenvalue weighted by Gasteiger charge is -2.19. The Morgan fingerprint density at radius 2 is 1.05 bits per heavy atom. The first-order valence-electron chi connectivity index (χ1n) is 18.8. The molecule has 318 valence electrons. The molecule has 0 saturated carbocycles. The third kappa shape index (κ3) is 13.6. The molecule has 0 atom stereocenters. The summed E-state index contributed by atoms with van der Waals surface area (Å²) < 4.78 is 73.8. The summed E-state index contributed by atoms with van der Waals surface area (Å²) in [6, 6.07) is 7.69. The van der Waals surface area contributed by atoms with Crippen molar-refractivity contribution in [1.29, 1.82) is 0 Å². The molecule has 2 aliphatic rings. The second-order valence-electron chi connectivity index (χ2n) is 12.4. The van der Waals surface area contributed by atoms with Gasteiger partial charge in [0, 0.05) is 22.6 Å². The molecule has 2 aromatic carbocycles. The van der Waals surface area contributed by atoms with Crippen LogP contribution in [0.2, 0.25) is 0 Å². The van der Waals surface area contributed by atoms with E-state index >= 15 is 0 Å². The Morgan fingerprint density at radius 1 is 0.632 bits per heavy atom. The van der Waals surface area contributed by atoms with E-state index < -0.39 is 69.9 Å². The molecule has 8 N–H and O–H groups in total. The number of hydrogen-bond donors (Lipinski definition) is 6. The highest BCUT2D eigenvalue weighted by Gasteiger charge is 2.33. The first-order chi connectivity index (χ1) is 26.7. The van der Waals surface area contributed by atoms with Crippen LogP contribution in [0.15, 0.2) is 56.7 Å². The van der Waals surface area contributed by atoms with Crippen LogP contribution in [0.3, 0.4) is 0 Å². The summed E-state index contributed by atoms with van der Waals surface area (Å²) in [5, 5.41) is 24.2. The lowest BCUT2D eigenvalue weighted by atomic mass is 9.89. The maximum atomic E-state index is 12.2. The molecule has 0 unspecified atom stereocenters. The Balaban J connectivity index is 0.000000632. The lowest BCUT2D eigenvalue weighted by molar-refractivity contribution is -0.176. The number of rotatable bonds is 14. The SMILES string of the molecule is CCN(CC)CC.CCN(CC)CC.CCN(CC)CC.Nc1ccc2c(-c3ccc(C(=O)O)cc3C(=O)O)c3ccc(=[NH2+])c(S(=O)(=O)O)c-3oc2c1S(=O)(=O)O. The molecular weight excluding hydrogens is 779 g/mol. The summed E-state index contributed by atoms with van der Waals surface area (Å²) in [6.07, 6.45) is 0. The topological polar surface area (TPSA) is 258 Å². The Bertz CT molecular complexity index is 2150. The van der Waals surface area contributed by atoms with Crippen LogP contribution in [0.25, 0.3) is 33.4 Å². The Morgan fingerprint density at radius 3 is 1.40 bits per heavy atom. The van der Waals surface area contributed by atoms with Crippen LogP contribution < -0.4 is 16.5 Å². The van der Waals surface area contributed by atoms with Crippen molar-refractivity contribution in [2.75, 3.05) is 64.6 Å². The zero-order valence-corrected chi connectivity index (χ0v) is 36.0. The van der Waals surface area contributed by atoms with E-state index in [4.69, 9.17) is 15.6 Å². The van der Waals surface area contributed by atoms with Crippen molar-refractivity contribution < 1.29 is 55.6 Å². The molecule has 1 aliphatic heterocycles. The fourth-order valence-electron chi connectivity index (χ4n) is 5.91. The molecular formula is C39H60N5O11S2+. The molecule has 0 aromatic heterocycles. The number of carboxylic acids is 2. The summed E-state index contributed by atoms with van der Waals surface area (Å²) in [5.74, 6) is -3.66. The molecule has 0 radical (unpaired) electrons. The van der Waals surface area contributed by atoms with E-state index in [1.165, 1.54) is 71.0 Å². The van der Waals surface area contributed by atoms with Crippen molar-refractivity contribution in [3.8, 4) is 22.5 Å². The first-order valence-corrected chi connectivity index (χ1v) is 21.7. The number of fused-ring (bicyclic) bond motifs is 2. The Labute approximate surface area is 336 Å². The highest BCUT2D eigenvalue weighted by Crippen LogP contribution is 2.45. The number of benzene rings is 3. The fourth-order valence-corrected chi connectivity index (χ4v) is 7.41. The quantitative estimate of drug-likeness (QED) is 0.0585. The highest BCUT2D eigenvalue weighted by atomic mass is 32.2. The number of nitrogens with zero attached hydrogens (tertiary/aromatic N) is 3. The molecule has 16 nitrogen and oxygen atoms in total. The van der Waals surface area contributed by atoms with Gasteiger partial charge in [0.2, 0.25) is 10.3 Å². The van der Waals surface area contributed by atoms with Gasteiger partial charge in [-0.25, -0.2) is 9.59 Å². The van der Waals surface area contributed by atoms with Gasteiger partial charge in [0.1, 0.15) is 0 Å². The van der Waals surface area contributed by atoms with Gasteiger partial charge in [-0.3, -0.25) is 14.5 Å². The Kier molecular flexibility index (Phi) is 20.5. The predicted octanol–water partition coefficient (Wildman–Crippen LogP) is 4.38. The highest BCUT2D eigenvalue weighted by molar-refractivity contribution is 7.86. The van der Waals surface area contributed by atoms with E-state index in [-0.39, 0.29) is 27.6 Å². The van der Waals surface area contributed by atoms with E-state index in [1.807, 2.05) is 0 Å². The standard InChI is InChI=1S/C21H14N2O11S2.3C6H15N/c22-13-5-3-10-15(9-2-1-8(20(24)25)7-12(9)21(26)27)11-4-6-14(23)19(36(31,32)33)17(11)34-16(10)18(13)35(28,29)30;3*1-4-7(5-2)6-3/h1-7,22H,23H2,(H,24,25)(H,26,27)(H,28,29,30)(H,31,32,33);3*4-6H2,1-3H3/p+1. The van der Waals surface area contributed by atoms with Crippen LogP contribution in [0.5, 0.6) is 0 Å². The summed E-state index contributed by atoms with van der Waals surface area (Å²) >= 11 is 0. The fraction of sp³-hybridized carbons (Fsp3) is 0.462. The van der Waals surface area contributed by atoms with Gasteiger partial charge < -0.3 is 35.1 Å². The van der Waals surface area contributed by atoms with Crippen molar-refractivity contribution in [3.63, 3.8) is 0 Å². The molecule has 2 aromatic rings. The monoisotopic (exact) mass is 838 g/mol. The number of anilines is 1. The van der Waals surface area contributed by atoms with Crippen molar-refractivity contribution in [3.05, 3.63) is 58.9 Å². The third-order valence-corrected chi connectivity index (χ3v) is 11.2. The molecule has 1 aliphatic carbocycles. The average Bonchev–Trinajstić information content (AvgIpc) is 3.15. The minimum atomic E-state index is -5.09. The smallest absolute Gasteiger partial charge is 0.336 e. The molecule has 18 heteroatoms. The Hall–Kier alpha value is -4.43. The summed E-state index contributed by atoms with van der Waals surface area (Å²) in [7, 11) is -10.2. The van der Waals surface area contributed by atoms with Crippen LogP contribution in [0.4, 0.5) is 5.69 Å². The van der Waals surface area contributed by atoms with E-state index in [1.54, 1.807) is 0 Å². The van der Waals surface area contributed by atoms with Gasteiger partial charge in [0.25, 0.3) is 10.1 Å². The number of nitrogens with two attached hydrogens (primary N) is 2. The van der Waals surface area contributed by atoms with Crippen molar-refractivity contribution in [1.82, 2.24) is 14.7 Å². The lowest BCUT2D eigenvalue weighted by Crippen LogP contribution is -2.47. The van der Waals surface area contributed by atoms with E-state index in [0.29, 0.717) is 0 Å². The number of nitrogen functional groups attached to an aromatic ring is 1. The minimum absolute atomic E-state index is 0.129. The van der Waals surface area contributed by atoms with E-state index in [2.05, 4.69) is 77.0 Å². The van der Waals surface area contributed by atoms with Crippen LogP contribution >= 0.6 is 0 Å². The van der Waals surface area contributed by atoms with Gasteiger partial charge in [-0.2, -0.15) is 16.8 Å². The van der Waals surface area contributed by atoms with Crippen LogP contribution in [0.1, 0.15) is 83.0 Å². The second-order valence-corrected chi connectivity index (χ2v) is 15.1. The molecule has 1 heterocycles. The molecule has 0 fully saturated rings. The average molecular weight is 839 g/mol. The first kappa shape index (κ1) is 50.6. The van der Waals surface area contributed by atoms with E-state index in [9.17, 15) is 45.7 Å². The van der Waals surface area contributed by atoms with Crippen LogP contribution in [-0.2, 0) is 20.2 Å². The number of carbonyl (C=O) groups is 2. The number of carboxylic acid groups (broad SMARTS) is 2. The van der Waals surface area contributed by atoms with Gasteiger partial charge in [-0.1, -0.05) is 68.4 Å². The normalized spacial score (nSPS) is 11.5. The molecule has 57 heavy (non-hydrogen) atoms. The predicted molar refractivity (Wildman–Crippen MR) is 222 cm³/mol. The molecule has 0 bridgehead atoms. The third-order valence-electron chi connectivity index (χ3n) is 9.34. The summed E-state index contributed by atoms with van der Waals surface area (Å²) in [4.78, 5) is 28.7. The number of hydrogen-bond acceptors (Lipinski definition) is 11. The van der Waals surface area contributed by atoms with Crippen molar-refractivity contribution in [2.24, 2.45) is 0 Å².